The van der Waals surface area contributed by atoms with Crippen molar-refractivity contribution in [2.24, 2.45) is 0 Å². The molecule has 24 heavy (non-hydrogen) atoms. The number of anilines is 1. The van der Waals surface area contributed by atoms with Gasteiger partial charge in [0, 0.05) is 18.0 Å². The molecule has 1 aromatic carbocycles. The van der Waals surface area contributed by atoms with Crippen molar-refractivity contribution in [3.05, 3.63) is 24.3 Å². The maximum Gasteiger partial charge on any atom is 0.324 e. The number of rotatable bonds is 6. The minimum atomic E-state index is -0.476. The molecule has 0 aliphatic carbocycles. The molecule has 0 aromatic heterocycles. The first-order valence-corrected chi connectivity index (χ1v) is 9.01. The Kier molecular flexibility index (Phi) is 6.22. The van der Waals surface area contributed by atoms with Gasteiger partial charge in [-0.15, -0.1) is 11.8 Å². The van der Waals surface area contributed by atoms with E-state index in [1.54, 1.807) is 25.7 Å². The summed E-state index contributed by atoms with van der Waals surface area (Å²) in [5, 5.41) is 5.49. The van der Waals surface area contributed by atoms with E-state index in [4.69, 9.17) is 0 Å². The number of imide groups is 1. The van der Waals surface area contributed by atoms with Crippen LogP contribution in [-0.4, -0.2) is 61.7 Å². The molecule has 1 saturated heterocycles. The van der Waals surface area contributed by atoms with E-state index in [1.807, 2.05) is 30.5 Å². The maximum absolute atomic E-state index is 12.3. The third kappa shape index (κ3) is 4.27. The van der Waals surface area contributed by atoms with E-state index in [9.17, 15) is 14.4 Å². The van der Waals surface area contributed by atoms with Gasteiger partial charge in [-0.3, -0.25) is 14.5 Å². The molecular weight excluding hydrogens is 328 g/mol. The number of nitrogens with zero attached hydrogens (tertiary/aromatic N) is 1. The Labute approximate surface area is 145 Å². The summed E-state index contributed by atoms with van der Waals surface area (Å²) in [4.78, 5) is 39.1. The molecule has 2 atom stereocenters. The molecule has 0 saturated carbocycles. The lowest BCUT2D eigenvalue weighted by molar-refractivity contribution is -0.886. The standard InChI is InChI=1S/C16H22N4O3S/c1-11(15(22)20-9-8-17-16(20)23)19(2)10-14(21)18-12-6-4-5-7-13(12)24-3/h4-7,11H,8-10H2,1-3H3,(H,17,23)(H,18,21)/p+1/t11-/m1/s1. The lowest BCUT2D eigenvalue weighted by atomic mass is 10.2. The molecule has 1 unspecified atom stereocenters. The molecule has 130 valence electrons. The number of quaternary nitrogens is 1. The van der Waals surface area contributed by atoms with Gasteiger partial charge in [0.2, 0.25) is 0 Å². The average molecular weight is 351 g/mol. The summed E-state index contributed by atoms with van der Waals surface area (Å²) in [6.07, 6.45) is 1.95. The van der Waals surface area contributed by atoms with Gasteiger partial charge in [0.15, 0.2) is 12.6 Å². The van der Waals surface area contributed by atoms with Crippen molar-refractivity contribution >= 4 is 35.3 Å². The SMILES string of the molecule is CSc1ccccc1NC(=O)C[NH+](C)[C@H](C)C(=O)N1CCNC1=O. The lowest BCUT2D eigenvalue weighted by Crippen LogP contribution is -3.15. The van der Waals surface area contributed by atoms with E-state index in [2.05, 4.69) is 10.6 Å². The number of carbonyl (C=O) groups excluding carboxylic acids is 3. The third-order valence-electron chi connectivity index (χ3n) is 4.05. The number of amides is 4. The Balaban J connectivity index is 1.93. The Morgan fingerprint density at radius 3 is 2.75 bits per heavy atom. The Bertz CT molecular complexity index is 638. The second-order valence-corrected chi connectivity index (χ2v) is 6.56. The Morgan fingerprint density at radius 1 is 1.42 bits per heavy atom. The number of hydrogen-bond acceptors (Lipinski definition) is 4. The summed E-state index contributed by atoms with van der Waals surface area (Å²) in [6.45, 7) is 2.72. The highest BCUT2D eigenvalue weighted by Crippen LogP contribution is 2.24. The molecular formula is C16H23N4O3S+. The summed E-state index contributed by atoms with van der Waals surface area (Å²) >= 11 is 1.56. The van der Waals surface area contributed by atoms with Gasteiger partial charge in [-0.1, -0.05) is 12.1 Å². The molecule has 8 heteroatoms. The summed E-state index contributed by atoms with van der Waals surface area (Å²) in [6, 6.07) is 6.73. The molecule has 1 aromatic rings. The summed E-state index contributed by atoms with van der Waals surface area (Å²) in [5.74, 6) is -0.431. The van der Waals surface area contributed by atoms with E-state index >= 15 is 0 Å². The smallest absolute Gasteiger partial charge is 0.324 e. The van der Waals surface area contributed by atoms with Crippen molar-refractivity contribution in [3.8, 4) is 0 Å². The van der Waals surface area contributed by atoms with Crippen LogP contribution in [0.5, 0.6) is 0 Å². The van der Waals surface area contributed by atoms with Gasteiger partial charge < -0.3 is 15.5 Å². The van der Waals surface area contributed by atoms with Gasteiger partial charge in [0.05, 0.1) is 12.7 Å². The molecule has 1 aliphatic rings. The van der Waals surface area contributed by atoms with Crippen molar-refractivity contribution in [1.82, 2.24) is 10.2 Å². The highest BCUT2D eigenvalue weighted by molar-refractivity contribution is 7.98. The number of urea groups is 1. The average Bonchev–Trinajstić information content (AvgIpc) is 2.99. The third-order valence-corrected chi connectivity index (χ3v) is 4.85. The van der Waals surface area contributed by atoms with Gasteiger partial charge in [-0.25, -0.2) is 4.79 Å². The first-order chi connectivity index (χ1) is 11.4. The Morgan fingerprint density at radius 2 is 2.12 bits per heavy atom. The fourth-order valence-corrected chi connectivity index (χ4v) is 3.03. The van der Waals surface area contributed by atoms with Crippen LogP contribution in [0.1, 0.15) is 6.92 Å². The number of benzene rings is 1. The predicted octanol–water partition coefficient (Wildman–Crippen LogP) is -0.198. The second-order valence-electron chi connectivity index (χ2n) is 5.72. The van der Waals surface area contributed by atoms with Gasteiger partial charge in [0.1, 0.15) is 0 Å². The van der Waals surface area contributed by atoms with Gasteiger partial charge in [-0.05, 0) is 25.3 Å². The normalized spacial score (nSPS) is 16.5. The number of likely N-dealkylation sites (N-methyl/N-ethyl adjacent to an activating group) is 1. The lowest BCUT2D eigenvalue weighted by Gasteiger charge is -2.23. The van der Waals surface area contributed by atoms with Gasteiger partial charge in [-0.2, -0.15) is 0 Å². The van der Waals surface area contributed by atoms with E-state index in [0.717, 1.165) is 15.5 Å². The van der Waals surface area contributed by atoms with Gasteiger partial charge >= 0.3 is 6.03 Å². The van der Waals surface area contributed by atoms with Crippen LogP contribution in [0.15, 0.2) is 29.2 Å². The predicted molar refractivity (Wildman–Crippen MR) is 93.2 cm³/mol. The molecule has 2 rings (SSSR count). The van der Waals surface area contributed by atoms with E-state index in [1.165, 1.54) is 4.90 Å². The topological polar surface area (TPSA) is 82.9 Å². The van der Waals surface area contributed by atoms with Crippen molar-refractivity contribution in [2.75, 3.05) is 38.3 Å². The monoisotopic (exact) mass is 351 g/mol. The van der Waals surface area contributed by atoms with Crippen molar-refractivity contribution in [2.45, 2.75) is 17.9 Å². The quantitative estimate of drug-likeness (QED) is 0.620. The number of para-hydroxylation sites is 1. The molecule has 1 aliphatic heterocycles. The van der Waals surface area contributed by atoms with Crippen molar-refractivity contribution in [3.63, 3.8) is 0 Å². The van der Waals surface area contributed by atoms with Crippen LogP contribution >= 0.6 is 11.8 Å². The van der Waals surface area contributed by atoms with Crippen molar-refractivity contribution in [1.29, 1.82) is 0 Å². The first kappa shape index (κ1) is 18.3. The number of carbonyl (C=O) groups is 3. The zero-order valence-electron chi connectivity index (χ0n) is 14.1. The van der Waals surface area contributed by atoms with Gasteiger partial charge in [0.25, 0.3) is 11.8 Å². The minimum Gasteiger partial charge on any atom is -0.336 e. The van der Waals surface area contributed by atoms with Crippen LogP contribution in [0.4, 0.5) is 10.5 Å². The van der Waals surface area contributed by atoms with E-state index < -0.39 is 6.04 Å². The highest BCUT2D eigenvalue weighted by Gasteiger charge is 2.34. The van der Waals surface area contributed by atoms with Crippen LogP contribution in [-0.2, 0) is 9.59 Å². The number of thioether (sulfide) groups is 1. The van der Waals surface area contributed by atoms with Crippen molar-refractivity contribution < 1.29 is 19.3 Å². The first-order valence-electron chi connectivity index (χ1n) is 7.78. The molecule has 1 fully saturated rings. The molecule has 1 heterocycles. The second kappa shape index (κ2) is 8.16. The van der Waals surface area contributed by atoms with Crippen LogP contribution in [0, 0.1) is 0 Å². The number of hydrogen-bond donors (Lipinski definition) is 3. The Hall–Kier alpha value is -2.06. The molecule has 0 spiro atoms. The van der Waals surface area contributed by atoms with E-state index in [-0.39, 0.29) is 24.4 Å². The molecule has 7 nitrogen and oxygen atoms in total. The van der Waals surface area contributed by atoms with Crippen LogP contribution in [0.25, 0.3) is 0 Å². The summed E-state index contributed by atoms with van der Waals surface area (Å²) < 4.78 is 0. The zero-order chi connectivity index (χ0) is 17.7. The van der Waals surface area contributed by atoms with Crippen LogP contribution in [0.3, 0.4) is 0 Å². The van der Waals surface area contributed by atoms with Crippen LogP contribution < -0.4 is 15.5 Å². The zero-order valence-corrected chi connectivity index (χ0v) is 14.9. The maximum atomic E-state index is 12.3. The highest BCUT2D eigenvalue weighted by atomic mass is 32.2. The molecule has 0 bridgehead atoms. The minimum absolute atomic E-state index is 0.144. The fraction of sp³-hybridized carbons (Fsp3) is 0.438. The molecule has 3 N–H and O–H groups in total. The largest absolute Gasteiger partial charge is 0.336 e. The molecule has 4 amide bonds. The number of nitrogens with one attached hydrogen (secondary N) is 3. The fourth-order valence-electron chi connectivity index (χ4n) is 2.48. The van der Waals surface area contributed by atoms with E-state index in [0.29, 0.717) is 13.1 Å². The van der Waals surface area contributed by atoms with Crippen LogP contribution in [0.2, 0.25) is 0 Å². The summed E-state index contributed by atoms with van der Waals surface area (Å²) in [5.41, 5.74) is 0.765. The summed E-state index contributed by atoms with van der Waals surface area (Å²) in [7, 11) is 1.77. The molecule has 0 radical (unpaired) electrons.